The number of methoxy groups -OCH3 is 1. The van der Waals surface area contributed by atoms with Crippen LogP contribution in [0.3, 0.4) is 0 Å². The molecular weight excluding hydrogens is 472 g/mol. The molecule has 0 unspecified atom stereocenters. The highest BCUT2D eigenvalue weighted by molar-refractivity contribution is 7.92. The van der Waals surface area contributed by atoms with Crippen molar-refractivity contribution in [2.75, 3.05) is 37.9 Å². The molecule has 0 spiro atoms. The monoisotopic (exact) mass is 502 g/mol. The third kappa shape index (κ3) is 6.95. The van der Waals surface area contributed by atoms with Crippen LogP contribution in [0.5, 0.6) is 11.5 Å². The molecular formula is C24H30N4O6S. The summed E-state index contributed by atoms with van der Waals surface area (Å²) >= 11 is 0. The van der Waals surface area contributed by atoms with Crippen LogP contribution in [-0.2, 0) is 21.4 Å². The van der Waals surface area contributed by atoms with Crippen LogP contribution in [0.1, 0.15) is 25.7 Å². The molecule has 0 aliphatic carbocycles. The number of sulfonamides is 1. The lowest BCUT2D eigenvalue weighted by molar-refractivity contribution is -0.130. The second-order valence-corrected chi connectivity index (χ2v) is 9.74. The van der Waals surface area contributed by atoms with Gasteiger partial charge in [0.25, 0.3) is 0 Å². The molecule has 0 fully saturated rings. The van der Waals surface area contributed by atoms with Crippen molar-refractivity contribution in [3.05, 3.63) is 54.4 Å². The van der Waals surface area contributed by atoms with E-state index >= 15 is 0 Å². The molecule has 0 aliphatic rings. The summed E-state index contributed by atoms with van der Waals surface area (Å²) in [6, 6.07) is 14.2. The van der Waals surface area contributed by atoms with E-state index in [2.05, 4.69) is 10.1 Å². The number of ether oxygens (including phenoxy) is 2. The Morgan fingerprint density at radius 3 is 2.49 bits per heavy atom. The SMILES string of the molecule is CCOc1ccc(-c2noc(CN(C)C(=O)CCCN(c3ccccc3OC)S(C)(=O)=O)n2)cc1. The molecule has 188 valence electrons. The first-order chi connectivity index (χ1) is 16.7. The van der Waals surface area contributed by atoms with E-state index in [-0.39, 0.29) is 25.4 Å². The van der Waals surface area contributed by atoms with E-state index in [0.29, 0.717) is 36.2 Å². The minimum Gasteiger partial charge on any atom is -0.495 e. The molecule has 3 aromatic rings. The molecule has 0 saturated heterocycles. The van der Waals surface area contributed by atoms with Gasteiger partial charge in [-0.15, -0.1) is 0 Å². The van der Waals surface area contributed by atoms with Crippen molar-refractivity contribution < 1.29 is 27.2 Å². The maximum Gasteiger partial charge on any atom is 0.246 e. The fraction of sp³-hybridized carbons (Fsp3) is 0.375. The summed E-state index contributed by atoms with van der Waals surface area (Å²) in [5.74, 6) is 1.76. The number of carbonyl (C=O) groups excluding carboxylic acids is 1. The van der Waals surface area contributed by atoms with Crippen LogP contribution >= 0.6 is 0 Å². The van der Waals surface area contributed by atoms with Crippen molar-refractivity contribution in [1.29, 1.82) is 0 Å². The van der Waals surface area contributed by atoms with Gasteiger partial charge < -0.3 is 18.9 Å². The molecule has 3 rings (SSSR count). The lowest BCUT2D eigenvalue weighted by Crippen LogP contribution is -2.32. The van der Waals surface area contributed by atoms with Gasteiger partial charge in [0.2, 0.25) is 27.6 Å². The third-order valence-corrected chi connectivity index (χ3v) is 6.38. The van der Waals surface area contributed by atoms with Gasteiger partial charge in [-0.2, -0.15) is 4.98 Å². The van der Waals surface area contributed by atoms with Gasteiger partial charge in [-0.25, -0.2) is 8.42 Å². The van der Waals surface area contributed by atoms with E-state index in [4.69, 9.17) is 14.0 Å². The molecule has 0 aliphatic heterocycles. The molecule has 0 radical (unpaired) electrons. The number of anilines is 1. The summed E-state index contributed by atoms with van der Waals surface area (Å²) in [5.41, 5.74) is 1.21. The van der Waals surface area contributed by atoms with Crippen molar-refractivity contribution >= 4 is 21.6 Å². The highest BCUT2D eigenvalue weighted by Gasteiger charge is 2.22. The Morgan fingerprint density at radius 1 is 1.11 bits per heavy atom. The Morgan fingerprint density at radius 2 is 1.83 bits per heavy atom. The van der Waals surface area contributed by atoms with Gasteiger partial charge in [-0.3, -0.25) is 9.10 Å². The quantitative estimate of drug-likeness (QED) is 0.370. The Labute approximate surface area is 205 Å². The first-order valence-electron chi connectivity index (χ1n) is 11.1. The maximum absolute atomic E-state index is 12.6. The van der Waals surface area contributed by atoms with E-state index in [9.17, 15) is 13.2 Å². The Kier molecular flexibility index (Phi) is 8.69. The Bertz CT molecular complexity index is 1230. The predicted molar refractivity (Wildman–Crippen MR) is 132 cm³/mol. The zero-order valence-corrected chi connectivity index (χ0v) is 21.1. The highest BCUT2D eigenvalue weighted by atomic mass is 32.2. The number of aromatic nitrogens is 2. The topological polar surface area (TPSA) is 115 Å². The summed E-state index contributed by atoms with van der Waals surface area (Å²) in [6.07, 6.45) is 1.61. The van der Waals surface area contributed by atoms with E-state index in [0.717, 1.165) is 17.6 Å². The van der Waals surface area contributed by atoms with Gasteiger partial charge in [0, 0.05) is 25.6 Å². The minimum atomic E-state index is -3.56. The van der Waals surface area contributed by atoms with Crippen LogP contribution in [0.2, 0.25) is 0 Å². The van der Waals surface area contributed by atoms with Gasteiger partial charge in [0.05, 0.1) is 32.2 Å². The first kappa shape index (κ1) is 26.0. The van der Waals surface area contributed by atoms with E-state index in [1.807, 2.05) is 31.2 Å². The van der Waals surface area contributed by atoms with Crippen molar-refractivity contribution in [1.82, 2.24) is 15.0 Å². The standard InChI is InChI=1S/C24H30N4O6S/c1-5-33-19-14-12-18(13-15-19)24-25-22(34-26-24)17-27(2)23(29)11-8-16-28(35(4,30)31)20-9-6-7-10-21(20)32-3/h6-7,9-10,12-15H,5,8,11,16-17H2,1-4H3. The van der Waals surface area contributed by atoms with Crippen LogP contribution in [0.15, 0.2) is 53.1 Å². The predicted octanol–water partition coefficient (Wildman–Crippen LogP) is 3.35. The van der Waals surface area contributed by atoms with Crippen LogP contribution in [0, 0.1) is 0 Å². The fourth-order valence-corrected chi connectivity index (χ4v) is 4.43. The van der Waals surface area contributed by atoms with Crippen molar-refractivity contribution in [3.8, 4) is 22.9 Å². The third-order valence-electron chi connectivity index (χ3n) is 5.20. The van der Waals surface area contributed by atoms with Crippen LogP contribution in [-0.4, -0.2) is 62.9 Å². The van der Waals surface area contributed by atoms with Crippen molar-refractivity contribution in [3.63, 3.8) is 0 Å². The largest absolute Gasteiger partial charge is 0.495 e. The molecule has 11 heteroatoms. The zero-order valence-electron chi connectivity index (χ0n) is 20.3. The molecule has 1 amide bonds. The average molecular weight is 503 g/mol. The maximum atomic E-state index is 12.6. The number of hydrogen-bond acceptors (Lipinski definition) is 8. The summed E-state index contributed by atoms with van der Waals surface area (Å²) in [6.45, 7) is 2.78. The zero-order chi connectivity index (χ0) is 25.4. The second-order valence-electron chi connectivity index (χ2n) is 7.83. The van der Waals surface area contributed by atoms with Gasteiger partial charge in [0.1, 0.15) is 11.5 Å². The molecule has 0 N–H and O–H groups in total. The van der Waals surface area contributed by atoms with Crippen molar-refractivity contribution in [2.45, 2.75) is 26.3 Å². The number of para-hydroxylation sites is 2. The average Bonchev–Trinajstić information content (AvgIpc) is 3.30. The summed E-state index contributed by atoms with van der Waals surface area (Å²) in [7, 11) is -0.440. The Balaban J connectivity index is 1.57. The normalized spacial score (nSPS) is 11.2. The number of nitrogens with zero attached hydrogens (tertiary/aromatic N) is 4. The number of benzene rings is 2. The minimum absolute atomic E-state index is 0.140. The van der Waals surface area contributed by atoms with Crippen LogP contribution in [0.25, 0.3) is 11.4 Å². The molecule has 1 heterocycles. The molecule has 0 bridgehead atoms. The molecule has 2 aromatic carbocycles. The number of amides is 1. The smallest absolute Gasteiger partial charge is 0.246 e. The summed E-state index contributed by atoms with van der Waals surface area (Å²) < 4.78 is 42.0. The molecule has 10 nitrogen and oxygen atoms in total. The molecule has 0 saturated carbocycles. The van der Waals surface area contributed by atoms with Gasteiger partial charge in [0.15, 0.2) is 0 Å². The van der Waals surface area contributed by atoms with Crippen molar-refractivity contribution in [2.24, 2.45) is 0 Å². The highest BCUT2D eigenvalue weighted by Crippen LogP contribution is 2.29. The lowest BCUT2D eigenvalue weighted by atomic mass is 10.2. The molecule has 1 aromatic heterocycles. The van der Waals surface area contributed by atoms with E-state index < -0.39 is 10.0 Å². The van der Waals surface area contributed by atoms with Gasteiger partial charge in [-0.05, 0) is 49.7 Å². The van der Waals surface area contributed by atoms with E-state index in [1.54, 1.807) is 31.3 Å². The lowest BCUT2D eigenvalue weighted by Gasteiger charge is -2.24. The number of rotatable bonds is 12. The molecule has 0 atom stereocenters. The van der Waals surface area contributed by atoms with Crippen LogP contribution in [0.4, 0.5) is 5.69 Å². The fourth-order valence-electron chi connectivity index (χ4n) is 3.46. The summed E-state index contributed by atoms with van der Waals surface area (Å²) in [4.78, 5) is 18.5. The summed E-state index contributed by atoms with van der Waals surface area (Å²) in [5, 5.41) is 3.99. The molecule has 35 heavy (non-hydrogen) atoms. The second kappa shape index (κ2) is 11.7. The van der Waals surface area contributed by atoms with Gasteiger partial charge >= 0.3 is 0 Å². The number of hydrogen-bond donors (Lipinski definition) is 0. The first-order valence-corrected chi connectivity index (χ1v) is 13.0. The van der Waals surface area contributed by atoms with Crippen LogP contribution < -0.4 is 13.8 Å². The Hall–Kier alpha value is -3.60. The van der Waals surface area contributed by atoms with E-state index in [1.165, 1.54) is 16.3 Å². The number of carbonyl (C=O) groups is 1. The van der Waals surface area contributed by atoms with Gasteiger partial charge in [-0.1, -0.05) is 17.3 Å².